The van der Waals surface area contributed by atoms with Gasteiger partial charge in [0, 0.05) is 17.3 Å². The number of rotatable bonds is 5. The third kappa shape index (κ3) is 2.77. The fraction of sp³-hybridized carbons (Fsp3) is 0.538. The summed E-state index contributed by atoms with van der Waals surface area (Å²) in [5, 5.41) is 3.60. The van der Waals surface area contributed by atoms with E-state index in [1.807, 2.05) is 0 Å². The highest BCUT2D eigenvalue weighted by Gasteiger charge is 2.31. The minimum atomic E-state index is 0.456. The Kier molecular flexibility index (Phi) is 3.87. The number of methoxy groups -OCH3 is 1. The first-order chi connectivity index (χ1) is 7.72. The average Bonchev–Trinajstić information content (AvgIpc) is 3.07. The molecule has 0 radical (unpaired) electrons. The van der Waals surface area contributed by atoms with Crippen molar-refractivity contribution in [3.05, 3.63) is 28.2 Å². The van der Waals surface area contributed by atoms with Crippen molar-refractivity contribution in [2.24, 2.45) is 5.92 Å². The zero-order valence-corrected chi connectivity index (χ0v) is 11.4. The normalized spacial score (nSPS) is 17.2. The van der Waals surface area contributed by atoms with Gasteiger partial charge >= 0.3 is 0 Å². The van der Waals surface area contributed by atoms with Crippen LogP contribution in [0.25, 0.3) is 0 Å². The summed E-state index contributed by atoms with van der Waals surface area (Å²) in [7, 11) is 1.77. The molecule has 0 heterocycles. The molecule has 0 amide bonds. The lowest BCUT2D eigenvalue weighted by atomic mass is 10.1. The van der Waals surface area contributed by atoms with Crippen molar-refractivity contribution in [2.75, 3.05) is 19.0 Å². The lowest BCUT2D eigenvalue weighted by molar-refractivity contribution is 0.179. The van der Waals surface area contributed by atoms with Crippen LogP contribution in [-0.2, 0) is 4.74 Å². The summed E-state index contributed by atoms with van der Waals surface area (Å²) in [5.74, 6) is 0.790. The highest BCUT2D eigenvalue weighted by atomic mass is 79.9. The molecule has 0 bridgehead atoms. The molecule has 1 aromatic rings. The SMILES string of the molecule is COCC(Nc1cccc(Br)c1C)C1CC1. The molecule has 0 aromatic heterocycles. The summed E-state index contributed by atoms with van der Waals surface area (Å²) < 4.78 is 6.43. The van der Waals surface area contributed by atoms with Gasteiger partial charge in [-0.05, 0) is 43.4 Å². The van der Waals surface area contributed by atoms with Crippen molar-refractivity contribution in [1.29, 1.82) is 0 Å². The zero-order valence-electron chi connectivity index (χ0n) is 9.79. The molecular weight excluding hydrogens is 266 g/mol. The molecule has 1 atom stereocenters. The molecule has 1 aromatic carbocycles. The largest absolute Gasteiger partial charge is 0.383 e. The van der Waals surface area contributed by atoms with Gasteiger partial charge in [0.1, 0.15) is 0 Å². The number of hydrogen-bond acceptors (Lipinski definition) is 2. The third-order valence-electron chi connectivity index (χ3n) is 3.15. The van der Waals surface area contributed by atoms with Crippen LogP contribution >= 0.6 is 15.9 Å². The third-order valence-corrected chi connectivity index (χ3v) is 4.00. The van der Waals surface area contributed by atoms with Gasteiger partial charge in [-0.15, -0.1) is 0 Å². The first-order valence-corrected chi connectivity index (χ1v) is 6.52. The van der Waals surface area contributed by atoms with E-state index < -0.39 is 0 Å². The van der Waals surface area contributed by atoms with Gasteiger partial charge in [-0.25, -0.2) is 0 Å². The van der Waals surface area contributed by atoms with Crippen LogP contribution in [0.3, 0.4) is 0 Å². The highest BCUT2D eigenvalue weighted by Crippen LogP contribution is 2.35. The Bertz CT molecular complexity index is 363. The van der Waals surface area contributed by atoms with Gasteiger partial charge in [-0.1, -0.05) is 22.0 Å². The Labute approximate surface area is 106 Å². The fourth-order valence-electron chi connectivity index (χ4n) is 1.94. The Morgan fingerprint density at radius 3 is 2.88 bits per heavy atom. The molecule has 3 heteroatoms. The standard InChI is InChI=1S/C13H18BrNO/c1-9-11(14)4-3-5-12(9)15-13(8-16-2)10-6-7-10/h3-5,10,13,15H,6-8H2,1-2H3. The minimum absolute atomic E-state index is 0.456. The Balaban J connectivity index is 2.08. The summed E-state index contributed by atoms with van der Waals surface area (Å²) in [6.07, 6.45) is 2.65. The summed E-state index contributed by atoms with van der Waals surface area (Å²) in [6.45, 7) is 2.92. The maximum Gasteiger partial charge on any atom is 0.0666 e. The van der Waals surface area contributed by atoms with Crippen molar-refractivity contribution in [2.45, 2.75) is 25.8 Å². The molecule has 16 heavy (non-hydrogen) atoms. The highest BCUT2D eigenvalue weighted by molar-refractivity contribution is 9.10. The van der Waals surface area contributed by atoms with Crippen LogP contribution in [0.15, 0.2) is 22.7 Å². The van der Waals surface area contributed by atoms with Gasteiger partial charge in [0.25, 0.3) is 0 Å². The maximum atomic E-state index is 5.27. The number of anilines is 1. The molecule has 1 N–H and O–H groups in total. The monoisotopic (exact) mass is 283 g/mol. The van der Waals surface area contributed by atoms with E-state index in [2.05, 4.69) is 46.4 Å². The lowest BCUT2D eigenvalue weighted by Crippen LogP contribution is -2.27. The van der Waals surface area contributed by atoms with E-state index in [1.165, 1.54) is 24.1 Å². The van der Waals surface area contributed by atoms with Gasteiger partial charge in [-0.3, -0.25) is 0 Å². The molecule has 1 fully saturated rings. The molecule has 0 aliphatic heterocycles. The second-order valence-electron chi connectivity index (χ2n) is 4.46. The molecule has 1 aliphatic carbocycles. The van der Waals surface area contributed by atoms with Crippen LogP contribution in [0, 0.1) is 12.8 Å². The fourth-order valence-corrected chi connectivity index (χ4v) is 2.30. The van der Waals surface area contributed by atoms with E-state index >= 15 is 0 Å². The molecule has 88 valence electrons. The second-order valence-corrected chi connectivity index (χ2v) is 5.31. The van der Waals surface area contributed by atoms with Crippen LogP contribution in [-0.4, -0.2) is 19.8 Å². The predicted molar refractivity (Wildman–Crippen MR) is 70.9 cm³/mol. The van der Waals surface area contributed by atoms with E-state index in [0.717, 1.165) is 17.0 Å². The predicted octanol–water partition coefficient (Wildman–Crippen LogP) is 3.59. The summed E-state index contributed by atoms with van der Waals surface area (Å²) in [4.78, 5) is 0. The summed E-state index contributed by atoms with van der Waals surface area (Å²) in [5.41, 5.74) is 2.48. The van der Waals surface area contributed by atoms with Crippen LogP contribution in [0.2, 0.25) is 0 Å². The first-order valence-electron chi connectivity index (χ1n) is 5.73. The van der Waals surface area contributed by atoms with Crippen molar-refractivity contribution in [3.8, 4) is 0 Å². The first kappa shape index (κ1) is 11.9. The molecule has 2 nitrogen and oxygen atoms in total. The van der Waals surface area contributed by atoms with E-state index in [0.29, 0.717) is 6.04 Å². The molecule has 1 aliphatic rings. The van der Waals surface area contributed by atoms with Gasteiger partial charge in [0.2, 0.25) is 0 Å². The summed E-state index contributed by atoms with van der Waals surface area (Å²) in [6, 6.07) is 6.72. The van der Waals surface area contributed by atoms with Crippen LogP contribution in [0.5, 0.6) is 0 Å². The van der Waals surface area contributed by atoms with Crippen LogP contribution in [0.4, 0.5) is 5.69 Å². The topological polar surface area (TPSA) is 21.3 Å². The Hall–Kier alpha value is -0.540. The van der Waals surface area contributed by atoms with Crippen LogP contribution in [0.1, 0.15) is 18.4 Å². The minimum Gasteiger partial charge on any atom is -0.383 e. The lowest BCUT2D eigenvalue weighted by Gasteiger charge is -2.20. The van der Waals surface area contributed by atoms with Crippen LogP contribution < -0.4 is 5.32 Å². The Morgan fingerprint density at radius 1 is 1.50 bits per heavy atom. The Morgan fingerprint density at radius 2 is 2.25 bits per heavy atom. The van der Waals surface area contributed by atoms with Crippen molar-refractivity contribution < 1.29 is 4.74 Å². The molecule has 0 spiro atoms. The van der Waals surface area contributed by atoms with Crippen molar-refractivity contribution in [1.82, 2.24) is 0 Å². The molecule has 0 saturated heterocycles. The number of ether oxygens (including phenoxy) is 1. The van der Waals surface area contributed by atoms with Gasteiger partial charge in [0.05, 0.1) is 12.6 Å². The summed E-state index contributed by atoms with van der Waals surface area (Å²) >= 11 is 3.56. The average molecular weight is 284 g/mol. The maximum absolute atomic E-state index is 5.27. The molecular formula is C13H18BrNO. The number of hydrogen-bond donors (Lipinski definition) is 1. The van der Waals surface area contributed by atoms with Gasteiger partial charge in [-0.2, -0.15) is 0 Å². The van der Waals surface area contributed by atoms with E-state index in [9.17, 15) is 0 Å². The van der Waals surface area contributed by atoms with E-state index in [-0.39, 0.29) is 0 Å². The van der Waals surface area contributed by atoms with Gasteiger partial charge < -0.3 is 10.1 Å². The number of nitrogens with one attached hydrogen (secondary N) is 1. The van der Waals surface area contributed by atoms with E-state index in [4.69, 9.17) is 4.74 Å². The van der Waals surface area contributed by atoms with Gasteiger partial charge in [0.15, 0.2) is 0 Å². The van der Waals surface area contributed by atoms with Crippen molar-refractivity contribution in [3.63, 3.8) is 0 Å². The number of benzene rings is 1. The zero-order chi connectivity index (χ0) is 11.5. The quantitative estimate of drug-likeness (QED) is 0.892. The number of halogens is 1. The molecule has 2 rings (SSSR count). The van der Waals surface area contributed by atoms with E-state index in [1.54, 1.807) is 7.11 Å². The second kappa shape index (κ2) is 5.19. The molecule has 1 unspecified atom stereocenters. The van der Waals surface area contributed by atoms with Crippen molar-refractivity contribution >= 4 is 21.6 Å². The smallest absolute Gasteiger partial charge is 0.0666 e. The molecule has 1 saturated carbocycles.